The summed E-state index contributed by atoms with van der Waals surface area (Å²) < 4.78 is 40.3. The molecule has 0 bridgehead atoms. The fraction of sp³-hybridized carbons (Fsp3) is 0.333. The molecule has 1 N–H and O–H groups in total. The van der Waals surface area contributed by atoms with E-state index in [1.165, 1.54) is 17.7 Å². The van der Waals surface area contributed by atoms with Gasteiger partial charge in [-0.05, 0) is 11.4 Å². The Kier molecular flexibility index (Phi) is 5.77. The van der Waals surface area contributed by atoms with Crippen LogP contribution < -0.4 is 5.32 Å². The number of aromatic nitrogens is 2. The van der Waals surface area contributed by atoms with Gasteiger partial charge >= 0.3 is 12.1 Å². The molecule has 2 aromatic rings. The number of nitrogens with zero attached hydrogens (tertiary/aromatic N) is 2. The quantitative estimate of drug-likeness (QED) is 0.479. The second-order valence-corrected chi connectivity index (χ2v) is 6.02. The zero-order valence-corrected chi connectivity index (χ0v) is 13.1. The van der Waals surface area contributed by atoms with Gasteiger partial charge in [-0.25, -0.2) is 9.97 Å². The van der Waals surface area contributed by atoms with Crippen LogP contribution in [0.25, 0.3) is 10.2 Å². The number of esters is 1. The number of alkyl halides is 3. The van der Waals surface area contributed by atoms with E-state index in [4.69, 9.17) is 0 Å². The van der Waals surface area contributed by atoms with E-state index in [0.717, 1.165) is 22.0 Å². The van der Waals surface area contributed by atoms with Crippen LogP contribution in [0.2, 0.25) is 0 Å². The second kappa shape index (κ2) is 7.59. The summed E-state index contributed by atoms with van der Waals surface area (Å²) in [5, 5.41) is 4.84. The zero-order valence-electron chi connectivity index (χ0n) is 11.4. The van der Waals surface area contributed by atoms with Gasteiger partial charge in [-0.3, -0.25) is 9.59 Å². The van der Waals surface area contributed by atoms with Gasteiger partial charge < -0.3 is 10.1 Å². The minimum Gasteiger partial charge on any atom is -0.455 e. The molecule has 0 saturated carbocycles. The summed E-state index contributed by atoms with van der Waals surface area (Å²) in [5.74, 6) is -1.85. The first kappa shape index (κ1) is 17.5. The lowest BCUT2D eigenvalue weighted by Gasteiger charge is -2.08. The fourth-order valence-corrected chi connectivity index (χ4v) is 3.02. The second-order valence-electron chi connectivity index (χ2n) is 4.16. The molecule has 0 saturated heterocycles. The Morgan fingerprint density at radius 2 is 2.13 bits per heavy atom. The highest BCUT2D eigenvalue weighted by molar-refractivity contribution is 8.00. The van der Waals surface area contributed by atoms with Crippen LogP contribution in [0.4, 0.5) is 13.2 Å². The van der Waals surface area contributed by atoms with E-state index in [0.29, 0.717) is 5.03 Å². The number of thiophene rings is 1. The van der Waals surface area contributed by atoms with Crippen molar-refractivity contribution in [2.45, 2.75) is 11.2 Å². The minimum atomic E-state index is -4.51. The first-order valence-corrected chi connectivity index (χ1v) is 8.02. The topological polar surface area (TPSA) is 81.2 Å². The number of carbonyl (C=O) groups excluding carboxylic acids is 2. The fourth-order valence-electron chi connectivity index (χ4n) is 1.45. The summed E-state index contributed by atoms with van der Waals surface area (Å²) in [7, 11) is 0. The van der Waals surface area contributed by atoms with E-state index < -0.39 is 31.2 Å². The molecular formula is C12H10F3N3O3S2. The molecule has 0 aromatic carbocycles. The third kappa shape index (κ3) is 5.67. The van der Waals surface area contributed by atoms with Crippen LogP contribution in [0.3, 0.4) is 0 Å². The maximum atomic E-state index is 11.9. The number of rotatable bonds is 6. The predicted octanol–water partition coefficient (Wildman–Crippen LogP) is 2.01. The van der Waals surface area contributed by atoms with Gasteiger partial charge in [-0.15, -0.1) is 11.3 Å². The predicted molar refractivity (Wildman–Crippen MR) is 78.2 cm³/mol. The summed E-state index contributed by atoms with van der Waals surface area (Å²) in [6.45, 7) is -2.22. The lowest BCUT2D eigenvalue weighted by Crippen LogP contribution is -2.36. The summed E-state index contributed by atoms with van der Waals surface area (Å²) in [5.41, 5.74) is 0. The van der Waals surface area contributed by atoms with Crippen molar-refractivity contribution in [3.05, 3.63) is 17.8 Å². The molecule has 11 heteroatoms. The Labute approximate surface area is 136 Å². The lowest BCUT2D eigenvalue weighted by molar-refractivity contribution is -0.149. The number of fused-ring (bicyclic) bond motifs is 1. The Morgan fingerprint density at radius 3 is 2.87 bits per heavy atom. The van der Waals surface area contributed by atoms with Gasteiger partial charge in [0.1, 0.15) is 22.7 Å². The number of carbonyl (C=O) groups is 2. The molecule has 23 heavy (non-hydrogen) atoms. The van der Waals surface area contributed by atoms with Gasteiger partial charge in [0.25, 0.3) is 5.91 Å². The standard InChI is InChI=1S/C12H10F3N3O3S2/c13-12(14,15)5-16-8(19)3-21-9(20)4-23-11-7-1-2-22-10(7)17-6-18-11/h1-2,6H,3-5H2,(H,16,19). The van der Waals surface area contributed by atoms with Gasteiger partial charge in [0.15, 0.2) is 6.61 Å². The van der Waals surface area contributed by atoms with Crippen LogP contribution in [0.5, 0.6) is 0 Å². The number of ether oxygens (including phenoxy) is 1. The Morgan fingerprint density at radius 1 is 1.35 bits per heavy atom. The van der Waals surface area contributed by atoms with Crippen molar-refractivity contribution in [3.8, 4) is 0 Å². The van der Waals surface area contributed by atoms with Crippen LogP contribution in [-0.4, -0.2) is 46.9 Å². The maximum Gasteiger partial charge on any atom is 0.405 e. The molecule has 1 amide bonds. The van der Waals surface area contributed by atoms with E-state index in [-0.39, 0.29) is 5.75 Å². The van der Waals surface area contributed by atoms with Crippen molar-refractivity contribution in [1.82, 2.24) is 15.3 Å². The molecular weight excluding hydrogens is 355 g/mol. The van der Waals surface area contributed by atoms with Crippen LogP contribution >= 0.6 is 23.1 Å². The van der Waals surface area contributed by atoms with Crippen molar-refractivity contribution in [2.24, 2.45) is 0 Å². The number of hydrogen-bond acceptors (Lipinski definition) is 7. The molecule has 0 aliphatic carbocycles. The van der Waals surface area contributed by atoms with Gasteiger partial charge in [-0.1, -0.05) is 11.8 Å². The Hall–Kier alpha value is -1.88. The van der Waals surface area contributed by atoms with Crippen molar-refractivity contribution in [2.75, 3.05) is 18.9 Å². The van der Waals surface area contributed by atoms with Crippen molar-refractivity contribution >= 4 is 45.2 Å². The number of hydrogen-bond donors (Lipinski definition) is 1. The number of nitrogens with one attached hydrogen (secondary N) is 1. The summed E-state index contributed by atoms with van der Waals surface area (Å²) in [6, 6.07) is 1.82. The monoisotopic (exact) mass is 365 g/mol. The molecule has 2 rings (SSSR count). The Bertz CT molecular complexity index is 705. The molecule has 0 aliphatic rings. The molecule has 0 atom stereocenters. The molecule has 2 aromatic heterocycles. The third-order valence-corrected chi connectivity index (χ3v) is 4.20. The molecule has 0 unspecified atom stereocenters. The first-order valence-electron chi connectivity index (χ1n) is 6.15. The van der Waals surface area contributed by atoms with Crippen LogP contribution in [0.15, 0.2) is 22.8 Å². The van der Waals surface area contributed by atoms with Crippen LogP contribution in [-0.2, 0) is 14.3 Å². The molecule has 124 valence electrons. The van der Waals surface area contributed by atoms with Crippen LogP contribution in [0, 0.1) is 0 Å². The van der Waals surface area contributed by atoms with E-state index >= 15 is 0 Å². The molecule has 0 radical (unpaired) electrons. The first-order chi connectivity index (χ1) is 10.8. The van der Waals surface area contributed by atoms with Crippen LogP contribution in [0.1, 0.15) is 0 Å². The number of thioether (sulfide) groups is 1. The van der Waals surface area contributed by atoms with Gasteiger partial charge in [0.2, 0.25) is 0 Å². The van der Waals surface area contributed by atoms with E-state index in [1.807, 2.05) is 11.4 Å². The highest BCUT2D eigenvalue weighted by Crippen LogP contribution is 2.27. The maximum absolute atomic E-state index is 11.9. The van der Waals surface area contributed by atoms with Crippen molar-refractivity contribution in [3.63, 3.8) is 0 Å². The van der Waals surface area contributed by atoms with E-state index in [9.17, 15) is 22.8 Å². The van der Waals surface area contributed by atoms with E-state index in [1.54, 1.807) is 5.32 Å². The number of amides is 1. The highest BCUT2D eigenvalue weighted by Gasteiger charge is 2.27. The molecule has 2 heterocycles. The van der Waals surface area contributed by atoms with Crippen molar-refractivity contribution in [1.29, 1.82) is 0 Å². The van der Waals surface area contributed by atoms with Gasteiger partial charge in [0.05, 0.1) is 5.75 Å². The molecule has 6 nitrogen and oxygen atoms in total. The lowest BCUT2D eigenvalue weighted by atomic mass is 10.4. The average Bonchev–Trinajstić information content (AvgIpc) is 2.97. The average molecular weight is 365 g/mol. The normalized spacial score (nSPS) is 11.4. The summed E-state index contributed by atoms with van der Waals surface area (Å²) >= 11 is 2.53. The SMILES string of the molecule is O=C(COC(=O)CSc1ncnc2sccc12)NCC(F)(F)F. The smallest absolute Gasteiger partial charge is 0.405 e. The highest BCUT2D eigenvalue weighted by atomic mass is 32.2. The summed E-state index contributed by atoms with van der Waals surface area (Å²) in [6.07, 6.45) is -3.13. The number of halogens is 3. The largest absolute Gasteiger partial charge is 0.455 e. The molecule has 0 spiro atoms. The molecule has 0 fully saturated rings. The van der Waals surface area contributed by atoms with Crippen molar-refractivity contribution < 1.29 is 27.5 Å². The van der Waals surface area contributed by atoms with Gasteiger partial charge in [0, 0.05) is 5.39 Å². The summed E-state index contributed by atoms with van der Waals surface area (Å²) in [4.78, 5) is 31.5. The minimum absolute atomic E-state index is 0.117. The third-order valence-electron chi connectivity index (χ3n) is 2.40. The molecule has 0 aliphatic heterocycles. The van der Waals surface area contributed by atoms with Gasteiger partial charge in [-0.2, -0.15) is 13.2 Å². The zero-order chi connectivity index (χ0) is 16.9. The Balaban J connectivity index is 1.75. The van der Waals surface area contributed by atoms with E-state index in [2.05, 4.69) is 14.7 Å².